The van der Waals surface area contributed by atoms with Gasteiger partial charge in [-0.05, 0) is 57.2 Å². The second-order valence-electron chi connectivity index (χ2n) is 10.5. The summed E-state index contributed by atoms with van der Waals surface area (Å²) in [6.07, 6.45) is 3.83. The second-order valence-corrected chi connectivity index (χ2v) is 11.2. The molecule has 2 aliphatic heterocycles. The van der Waals surface area contributed by atoms with E-state index >= 15 is 0 Å². The topological polar surface area (TPSA) is 150 Å². The van der Waals surface area contributed by atoms with Gasteiger partial charge in [0.25, 0.3) is 5.91 Å². The normalized spacial score (nSPS) is 21.7. The average Bonchev–Trinajstić information content (AvgIpc) is 3.52. The van der Waals surface area contributed by atoms with Crippen LogP contribution in [0.5, 0.6) is 5.88 Å². The Morgan fingerprint density at radius 2 is 2.14 bits per heavy atom. The number of ether oxygens (including phenoxy) is 1. The zero-order chi connectivity index (χ0) is 26.5. The Morgan fingerprint density at radius 1 is 1.39 bits per heavy atom. The largest absolute Gasteiger partial charge is 0.755 e. The van der Waals surface area contributed by atoms with E-state index in [9.17, 15) is 13.6 Å². The molecule has 0 aliphatic carbocycles. The van der Waals surface area contributed by atoms with E-state index in [1.807, 2.05) is 4.72 Å². The van der Waals surface area contributed by atoms with E-state index in [1.54, 1.807) is 29.1 Å². The van der Waals surface area contributed by atoms with Crippen molar-refractivity contribution in [2.45, 2.75) is 59.0 Å². The maximum atomic E-state index is 12.5. The molecule has 0 saturated carbocycles. The molecule has 2 aromatic rings. The van der Waals surface area contributed by atoms with Crippen LogP contribution in [-0.4, -0.2) is 67.3 Å². The predicted octanol–water partition coefficient (Wildman–Crippen LogP) is 1.76. The molecule has 4 N–H and O–H groups in total. The molecule has 4 heterocycles. The van der Waals surface area contributed by atoms with Crippen molar-refractivity contribution in [3.8, 4) is 11.7 Å². The van der Waals surface area contributed by atoms with Gasteiger partial charge in [0.15, 0.2) is 5.82 Å². The number of hydrogen-bond donors (Lipinski definition) is 3. The molecule has 3 atom stereocenters. The molecule has 2 aromatic heterocycles. The summed E-state index contributed by atoms with van der Waals surface area (Å²) < 4.78 is 31.2. The van der Waals surface area contributed by atoms with Crippen LogP contribution < -0.4 is 25.4 Å². The number of pyridine rings is 1. The second kappa shape index (κ2) is 12.1. The van der Waals surface area contributed by atoms with E-state index in [4.69, 9.17) is 15.5 Å². The average molecular weight is 521 g/mol. The van der Waals surface area contributed by atoms with Crippen molar-refractivity contribution in [2.75, 3.05) is 31.1 Å². The van der Waals surface area contributed by atoms with Crippen molar-refractivity contribution in [1.29, 1.82) is 0 Å². The Labute approximate surface area is 215 Å². The van der Waals surface area contributed by atoms with E-state index in [1.165, 1.54) is 0 Å². The molecule has 2 saturated heterocycles. The van der Waals surface area contributed by atoms with Gasteiger partial charge in [-0.15, -0.1) is 5.10 Å². The van der Waals surface area contributed by atoms with Crippen LogP contribution in [0.2, 0.25) is 0 Å². The van der Waals surface area contributed by atoms with Crippen molar-refractivity contribution in [2.24, 2.45) is 17.6 Å². The van der Waals surface area contributed by atoms with E-state index in [-0.39, 0.29) is 11.1 Å². The lowest BCUT2D eigenvalue weighted by molar-refractivity contribution is 0.0980. The SMILES string of the molecule is CC(C)COc1ccn(-c2ccc(C(=O)NS(=O)[O-])c(N3C[C@@H](C)CC3(C)C)n2)n1.N[C@@H]1CCNC1. The molecule has 11 nitrogen and oxygen atoms in total. The van der Waals surface area contributed by atoms with Gasteiger partial charge in [0, 0.05) is 48.2 Å². The first-order valence-corrected chi connectivity index (χ1v) is 13.4. The molecule has 4 rings (SSSR count). The number of hydrogen-bond acceptors (Lipinski definition) is 9. The van der Waals surface area contributed by atoms with E-state index in [2.05, 4.69) is 49.9 Å². The summed E-state index contributed by atoms with van der Waals surface area (Å²) in [5.41, 5.74) is 5.44. The highest BCUT2D eigenvalue weighted by atomic mass is 32.2. The molecule has 0 aromatic carbocycles. The molecule has 2 aliphatic rings. The quantitative estimate of drug-likeness (QED) is 0.464. The summed E-state index contributed by atoms with van der Waals surface area (Å²) in [4.78, 5) is 19.3. The van der Waals surface area contributed by atoms with Crippen LogP contribution in [0.25, 0.3) is 5.82 Å². The number of rotatable bonds is 7. The van der Waals surface area contributed by atoms with Crippen molar-refractivity contribution in [3.05, 3.63) is 30.0 Å². The smallest absolute Gasteiger partial charge is 0.265 e. The number of aromatic nitrogens is 3. The number of nitrogens with one attached hydrogen (secondary N) is 2. The zero-order valence-electron chi connectivity index (χ0n) is 21.7. The highest BCUT2D eigenvalue weighted by Gasteiger charge is 2.39. The highest BCUT2D eigenvalue weighted by Crippen LogP contribution is 2.37. The minimum absolute atomic E-state index is 0.202. The third-order valence-electron chi connectivity index (χ3n) is 6.07. The van der Waals surface area contributed by atoms with Gasteiger partial charge in [-0.25, -0.2) is 9.67 Å². The summed E-state index contributed by atoms with van der Waals surface area (Å²) >= 11 is -2.71. The highest BCUT2D eigenvalue weighted by molar-refractivity contribution is 7.77. The molecular formula is C24H38N7O4S-. The molecular weight excluding hydrogens is 482 g/mol. The molecule has 0 bridgehead atoms. The number of anilines is 1. The molecule has 1 amide bonds. The van der Waals surface area contributed by atoms with Gasteiger partial charge < -0.3 is 25.2 Å². The van der Waals surface area contributed by atoms with Crippen LogP contribution in [0.4, 0.5) is 5.82 Å². The number of nitrogens with zero attached hydrogens (tertiary/aromatic N) is 4. The fourth-order valence-electron chi connectivity index (χ4n) is 4.48. The van der Waals surface area contributed by atoms with Crippen molar-refractivity contribution in [3.63, 3.8) is 0 Å². The molecule has 2 fully saturated rings. The standard InChI is InChI=1S/C20H29N5O4S.C4H10N2/c1-13(2)12-29-17-8-9-25(22-17)16-7-6-15(19(26)23-30(27)28)18(21-16)24-11-14(3)10-20(24,4)5;5-4-1-2-6-3-4/h6-9,13-14H,10-12H2,1-5H3,(H,23,26)(H,27,28);4,6H,1-3,5H2/p-1/t14-;4-/m01/s1. The molecule has 200 valence electrons. The van der Waals surface area contributed by atoms with Crippen LogP contribution in [-0.2, 0) is 11.3 Å². The maximum absolute atomic E-state index is 12.5. The minimum atomic E-state index is -2.71. The fraction of sp³-hybridized carbons (Fsp3) is 0.625. The van der Waals surface area contributed by atoms with Gasteiger partial charge in [0.05, 0.1) is 12.2 Å². The summed E-state index contributed by atoms with van der Waals surface area (Å²) in [5.74, 6) is 1.52. The molecule has 0 radical (unpaired) electrons. The number of carbonyl (C=O) groups excluding carboxylic acids is 1. The Kier molecular flexibility index (Phi) is 9.45. The van der Waals surface area contributed by atoms with Gasteiger partial charge in [0.2, 0.25) is 5.88 Å². The van der Waals surface area contributed by atoms with Crippen LogP contribution in [0, 0.1) is 11.8 Å². The lowest BCUT2D eigenvalue weighted by atomic mass is 9.97. The Bertz CT molecular complexity index is 1050. The van der Waals surface area contributed by atoms with Crippen LogP contribution in [0.3, 0.4) is 0 Å². The van der Waals surface area contributed by atoms with Crippen LogP contribution in [0.1, 0.15) is 57.8 Å². The third-order valence-corrected chi connectivity index (χ3v) is 6.42. The molecule has 1 unspecified atom stereocenters. The van der Waals surface area contributed by atoms with Gasteiger partial charge in [-0.3, -0.25) is 13.7 Å². The van der Waals surface area contributed by atoms with Crippen molar-refractivity contribution in [1.82, 2.24) is 24.8 Å². The predicted molar refractivity (Wildman–Crippen MR) is 139 cm³/mol. The van der Waals surface area contributed by atoms with Gasteiger partial charge >= 0.3 is 0 Å². The molecule has 0 spiro atoms. The Hall–Kier alpha value is -2.54. The number of nitrogens with two attached hydrogens (primary N) is 1. The number of amides is 1. The Morgan fingerprint density at radius 3 is 2.67 bits per heavy atom. The monoisotopic (exact) mass is 520 g/mol. The van der Waals surface area contributed by atoms with Gasteiger partial charge in [-0.2, -0.15) is 0 Å². The van der Waals surface area contributed by atoms with Crippen molar-refractivity contribution < 1.29 is 18.3 Å². The minimum Gasteiger partial charge on any atom is -0.755 e. The number of carbonyl (C=O) groups is 1. The van der Waals surface area contributed by atoms with Crippen LogP contribution in [0.15, 0.2) is 24.4 Å². The lowest BCUT2D eigenvalue weighted by Crippen LogP contribution is -2.40. The van der Waals surface area contributed by atoms with E-state index in [0.717, 1.165) is 25.9 Å². The van der Waals surface area contributed by atoms with Gasteiger partial charge in [-0.1, -0.05) is 20.8 Å². The summed E-state index contributed by atoms with van der Waals surface area (Å²) in [6.45, 7) is 13.8. The molecule has 36 heavy (non-hydrogen) atoms. The summed E-state index contributed by atoms with van der Waals surface area (Å²) in [7, 11) is 0. The summed E-state index contributed by atoms with van der Waals surface area (Å²) in [5, 5.41) is 7.56. The zero-order valence-corrected chi connectivity index (χ0v) is 22.5. The fourth-order valence-corrected chi connectivity index (χ4v) is 4.74. The molecule has 12 heteroatoms. The van der Waals surface area contributed by atoms with Crippen molar-refractivity contribution >= 4 is 23.0 Å². The third kappa shape index (κ3) is 7.48. The lowest BCUT2D eigenvalue weighted by Gasteiger charge is -2.34. The first-order valence-electron chi connectivity index (χ1n) is 12.3. The van der Waals surface area contributed by atoms with Crippen LogP contribution >= 0.6 is 0 Å². The first-order chi connectivity index (χ1) is 17.0. The first kappa shape index (κ1) is 28.0. The van der Waals surface area contributed by atoms with E-state index < -0.39 is 17.2 Å². The van der Waals surface area contributed by atoms with Gasteiger partial charge in [0.1, 0.15) is 5.82 Å². The summed E-state index contributed by atoms with van der Waals surface area (Å²) in [6, 6.07) is 5.41. The maximum Gasteiger partial charge on any atom is 0.265 e. The Balaban J connectivity index is 0.000000526. The van der Waals surface area contributed by atoms with E-state index in [0.29, 0.717) is 48.5 Å².